The molecule has 0 aliphatic carbocycles. The molecule has 0 saturated carbocycles. The SMILES string of the molecule is Fc1cc2ncc(Br)c(Cl)c2cc1Br. The van der Waals surface area contributed by atoms with Gasteiger partial charge in [0.1, 0.15) is 5.82 Å². The summed E-state index contributed by atoms with van der Waals surface area (Å²) in [6.45, 7) is 0. The molecule has 1 nitrogen and oxygen atoms in total. The van der Waals surface area contributed by atoms with Gasteiger partial charge in [0.25, 0.3) is 0 Å². The van der Waals surface area contributed by atoms with Crippen LogP contribution in [0, 0.1) is 5.82 Å². The van der Waals surface area contributed by atoms with Crippen LogP contribution in [0.1, 0.15) is 0 Å². The van der Waals surface area contributed by atoms with Crippen molar-refractivity contribution in [1.29, 1.82) is 0 Å². The summed E-state index contributed by atoms with van der Waals surface area (Å²) in [5.41, 5.74) is 0.541. The quantitative estimate of drug-likeness (QED) is 0.686. The molecule has 1 heterocycles. The number of benzene rings is 1. The highest BCUT2D eigenvalue weighted by atomic mass is 79.9. The smallest absolute Gasteiger partial charge is 0.139 e. The van der Waals surface area contributed by atoms with Crippen LogP contribution in [-0.2, 0) is 0 Å². The highest BCUT2D eigenvalue weighted by Crippen LogP contribution is 2.32. The summed E-state index contributed by atoms with van der Waals surface area (Å²) in [5, 5.41) is 1.25. The molecule has 0 N–H and O–H groups in total. The number of hydrogen-bond acceptors (Lipinski definition) is 1. The normalized spacial score (nSPS) is 10.9. The Bertz CT molecular complexity index is 516. The van der Waals surface area contributed by atoms with E-state index in [2.05, 4.69) is 36.8 Å². The Morgan fingerprint density at radius 1 is 1.21 bits per heavy atom. The number of nitrogens with zero attached hydrogens (tertiary/aromatic N) is 1. The van der Waals surface area contributed by atoms with Crippen LogP contribution in [-0.4, -0.2) is 4.98 Å². The minimum atomic E-state index is -0.344. The molecule has 2 rings (SSSR count). The van der Waals surface area contributed by atoms with E-state index in [0.29, 0.717) is 24.9 Å². The third-order valence-corrected chi connectivity index (χ3v) is 3.65. The molecule has 0 atom stereocenters. The van der Waals surface area contributed by atoms with Gasteiger partial charge >= 0.3 is 0 Å². The van der Waals surface area contributed by atoms with Crippen LogP contribution in [0.15, 0.2) is 27.3 Å². The number of aromatic nitrogens is 1. The first-order valence-corrected chi connectivity index (χ1v) is 5.65. The molecule has 0 fully saturated rings. The van der Waals surface area contributed by atoms with Crippen LogP contribution < -0.4 is 0 Å². The lowest BCUT2D eigenvalue weighted by molar-refractivity contribution is 0.623. The number of hydrogen-bond donors (Lipinski definition) is 0. The molecule has 0 saturated heterocycles. The van der Waals surface area contributed by atoms with E-state index in [1.807, 2.05) is 0 Å². The summed E-state index contributed by atoms with van der Waals surface area (Å²) < 4.78 is 14.2. The van der Waals surface area contributed by atoms with E-state index in [-0.39, 0.29) is 5.82 Å². The predicted molar refractivity (Wildman–Crippen MR) is 62.1 cm³/mol. The zero-order valence-corrected chi connectivity index (χ0v) is 10.6. The number of rotatable bonds is 0. The highest BCUT2D eigenvalue weighted by Gasteiger charge is 2.08. The van der Waals surface area contributed by atoms with E-state index in [1.165, 1.54) is 6.07 Å². The molecule has 0 aliphatic rings. The summed E-state index contributed by atoms with van der Waals surface area (Å²) >= 11 is 12.4. The van der Waals surface area contributed by atoms with E-state index in [1.54, 1.807) is 12.3 Å². The average Bonchev–Trinajstić information content (AvgIpc) is 2.15. The molecule has 1 aromatic carbocycles. The van der Waals surface area contributed by atoms with Crippen LogP contribution in [0.4, 0.5) is 4.39 Å². The second-order valence-electron chi connectivity index (χ2n) is 2.70. The van der Waals surface area contributed by atoms with Crippen molar-refractivity contribution in [3.05, 3.63) is 38.1 Å². The molecule has 0 unspecified atom stereocenters. The van der Waals surface area contributed by atoms with Crippen LogP contribution in [0.3, 0.4) is 0 Å². The van der Waals surface area contributed by atoms with Crippen molar-refractivity contribution >= 4 is 54.4 Å². The molecule has 2 aromatic rings. The third kappa shape index (κ3) is 1.66. The molecule has 0 amide bonds. The Morgan fingerprint density at radius 3 is 2.64 bits per heavy atom. The van der Waals surface area contributed by atoms with E-state index in [4.69, 9.17) is 11.6 Å². The van der Waals surface area contributed by atoms with Crippen LogP contribution in [0.25, 0.3) is 10.9 Å². The maximum atomic E-state index is 13.1. The fraction of sp³-hybridized carbons (Fsp3) is 0. The van der Waals surface area contributed by atoms with E-state index < -0.39 is 0 Å². The van der Waals surface area contributed by atoms with Crippen molar-refractivity contribution in [1.82, 2.24) is 4.98 Å². The topological polar surface area (TPSA) is 12.9 Å². The average molecular weight is 339 g/mol. The van der Waals surface area contributed by atoms with Crippen LogP contribution in [0.5, 0.6) is 0 Å². The van der Waals surface area contributed by atoms with Crippen LogP contribution in [0.2, 0.25) is 5.02 Å². The maximum Gasteiger partial charge on any atom is 0.139 e. The maximum absolute atomic E-state index is 13.1. The summed E-state index contributed by atoms with van der Waals surface area (Å²) in [5.74, 6) is -0.344. The summed E-state index contributed by atoms with van der Waals surface area (Å²) in [4.78, 5) is 4.05. The summed E-state index contributed by atoms with van der Waals surface area (Å²) in [6.07, 6.45) is 1.55. The van der Waals surface area contributed by atoms with Gasteiger partial charge in [0.05, 0.1) is 19.5 Å². The minimum Gasteiger partial charge on any atom is -0.255 e. The lowest BCUT2D eigenvalue weighted by Crippen LogP contribution is -1.85. The first kappa shape index (κ1) is 10.3. The Morgan fingerprint density at radius 2 is 1.93 bits per heavy atom. The fourth-order valence-electron chi connectivity index (χ4n) is 1.13. The second kappa shape index (κ2) is 3.76. The van der Waals surface area contributed by atoms with Crippen LogP contribution >= 0.6 is 43.5 Å². The Balaban J connectivity index is 2.89. The van der Waals surface area contributed by atoms with Gasteiger partial charge in [-0.05, 0) is 37.9 Å². The van der Waals surface area contributed by atoms with E-state index in [0.717, 1.165) is 0 Å². The number of halogens is 4. The molecule has 5 heteroatoms. The number of fused-ring (bicyclic) bond motifs is 1. The Hall–Kier alpha value is -0.190. The van der Waals surface area contributed by atoms with Gasteiger partial charge in [0.2, 0.25) is 0 Å². The van der Waals surface area contributed by atoms with Crippen molar-refractivity contribution in [2.24, 2.45) is 0 Å². The lowest BCUT2D eigenvalue weighted by Gasteiger charge is -2.03. The Kier molecular flexibility index (Phi) is 2.77. The van der Waals surface area contributed by atoms with Gasteiger partial charge in [-0.15, -0.1) is 0 Å². The van der Waals surface area contributed by atoms with Gasteiger partial charge < -0.3 is 0 Å². The largest absolute Gasteiger partial charge is 0.255 e. The molecular formula is C9H3Br2ClFN. The summed E-state index contributed by atoms with van der Waals surface area (Å²) in [7, 11) is 0. The van der Waals surface area contributed by atoms with Crippen molar-refractivity contribution in [2.45, 2.75) is 0 Å². The molecule has 1 aromatic heterocycles. The van der Waals surface area contributed by atoms with Crippen molar-refractivity contribution in [2.75, 3.05) is 0 Å². The fourth-order valence-corrected chi connectivity index (χ4v) is 1.99. The standard InChI is InChI=1S/C9H3Br2ClFN/c10-5-1-4-8(2-7(5)13)14-3-6(11)9(4)12/h1-3H. The van der Waals surface area contributed by atoms with Gasteiger partial charge in [-0.1, -0.05) is 11.6 Å². The third-order valence-electron chi connectivity index (χ3n) is 1.80. The number of pyridine rings is 1. The zero-order valence-electron chi connectivity index (χ0n) is 6.69. The second-order valence-corrected chi connectivity index (χ2v) is 4.79. The van der Waals surface area contributed by atoms with Crippen molar-refractivity contribution in [3.8, 4) is 0 Å². The predicted octanol–water partition coefficient (Wildman–Crippen LogP) is 4.55. The van der Waals surface area contributed by atoms with Gasteiger partial charge in [0.15, 0.2) is 0 Å². The minimum absolute atomic E-state index is 0.344. The zero-order chi connectivity index (χ0) is 10.3. The van der Waals surface area contributed by atoms with Gasteiger partial charge in [0, 0.05) is 17.6 Å². The van der Waals surface area contributed by atoms with Gasteiger partial charge in [-0.3, -0.25) is 4.98 Å². The first-order valence-electron chi connectivity index (χ1n) is 3.68. The molecule has 0 spiro atoms. The highest BCUT2D eigenvalue weighted by molar-refractivity contribution is 9.10. The van der Waals surface area contributed by atoms with E-state index in [9.17, 15) is 4.39 Å². The first-order chi connectivity index (χ1) is 6.59. The molecule has 0 aliphatic heterocycles. The molecule has 0 bridgehead atoms. The van der Waals surface area contributed by atoms with Gasteiger partial charge in [-0.25, -0.2) is 4.39 Å². The Labute approximate surface area is 102 Å². The molecule has 0 radical (unpaired) electrons. The van der Waals surface area contributed by atoms with E-state index >= 15 is 0 Å². The molecule has 14 heavy (non-hydrogen) atoms. The molecule has 72 valence electrons. The van der Waals surface area contributed by atoms with Crippen molar-refractivity contribution in [3.63, 3.8) is 0 Å². The monoisotopic (exact) mass is 337 g/mol. The van der Waals surface area contributed by atoms with Crippen molar-refractivity contribution < 1.29 is 4.39 Å². The molecular weight excluding hydrogens is 336 g/mol. The lowest BCUT2D eigenvalue weighted by atomic mass is 10.2. The summed E-state index contributed by atoms with van der Waals surface area (Å²) in [6, 6.07) is 2.96. The van der Waals surface area contributed by atoms with Gasteiger partial charge in [-0.2, -0.15) is 0 Å².